The highest BCUT2D eigenvalue weighted by molar-refractivity contribution is 5.86. The second kappa shape index (κ2) is 7.79. The van der Waals surface area contributed by atoms with Gasteiger partial charge >= 0.3 is 5.97 Å². The Morgan fingerprint density at radius 1 is 1.07 bits per heavy atom. The standard InChI is InChI=1S/C23H37NO4/c1-5-24(6-2)21(28)18-9-8-16-15-7-10-19(25)23(4,14-12-20(26)27)17(15)11-13-22(16,18)3/h15-18H,5-14H2,1-4H3,(H,26,27)/t15-,16-,17+,18+,22-,23-/m0/s1. The van der Waals surface area contributed by atoms with Crippen LogP contribution in [-0.2, 0) is 14.4 Å². The van der Waals surface area contributed by atoms with Crippen LogP contribution in [-0.4, -0.2) is 40.8 Å². The first-order chi connectivity index (χ1) is 13.2. The molecule has 5 nitrogen and oxygen atoms in total. The summed E-state index contributed by atoms with van der Waals surface area (Å²) in [5.41, 5.74) is -0.488. The highest BCUT2D eigenvalue weighted by Crippen LogP contribution is 2.64. The molecule has 1 N–H and O–H groups in total. The molecule has 6 atom stereocenters. The Hall–Kier alpha value is -1.39. The van der Waals surface area contributed by atoms with Crippen molar-refractivity contribution in [1.82, 2.24) is 4.90 Å². The molecule has 1 amide bonds. The van der Waals surface area contributed by atoms with E-state index in [9.17, 15) is 19.5 Å². The van der Waals surface area contributed by atoms with Crippen molar-refractivity contribution in [2.45, 2.75) is 79.1 Å². The van der Waals surface area contributed by atoms with Gasteiger partial charge in [0, 0.05) is 37.3 Å². The zero-order valence-electron chi connectivity index (χ0n) is 18.0. The molecule has 158 valence electrons. The minimum absolute atomic E-state index is 0.0228. The van der Waals surface area contributed by atoms with Crippen LogP contribution >= 0.6 is 0 Å². The molecule has 5 heteroatoms. The van der Waals surface area contributed by atoms with Gasteiger partial charge in [-0.1, -0.05) is 13.8 Å². The van der Waals surface area contributed by atoms with Crippen LogP contribution in [0.5, 0.6) is 0 Å². The number of amides is 1. The van der Waals surface area contributed by atoms with Crippen LogP contribution < -0.4 is 0 Å². The van der Waals surface area contributed by atoms with Gasteiger partial charge in [-0.15, -0.1) is 0 Å². The minimum Gasteiger partial charge on any atom is -0.481 e. The van der Waals surface area contributed by atoms with E-state index in [-0.39, 0.29) is 29.5 Å². The number of ketones is 1. The van der Waals surface area contributed by atoms with Gasteiger partial charge in [0.2, 0.25) is 5.91 Å². The second-order valence-corrected chi connectivity index (χ2v) is 9.83. The SMILES string of the molecule is CCN(CC)C(=O)[C@H]1CC[C@H]2[C@@H]3CCC(=O)[C@@](C)(CCC(=O)O)[C@@H]3CC[C@]12C. The molecule has 0 aromatic heterocycles. The molecular weight excluding hydrogens is 354 g/mol. The van der Waals surface area contributed by atoms with E-state index in [2.05, 4.69) is 6.92 Å². The van der Waals surface area contributed by atoms with Crippen LogP contribution in [0.4, 0.5) is 0 Å². The van der Waals surface area contributed by atoms with Crippen LogP contribution in [0.3, 0.4) is 0 Å². The number of nitrogens with zero attached hydrogens (tertiary/aromatic N) is 1. The number of hydrogen-bond acceptors (Lipinski definition) is 3. The topological polar surface area (TPSA) is 74.7 Å². The van der Waals surface area contributed by atoms with Crippen LogP contribution in [0.2, 0.25) is 0 Å². The molecule has 3 aliphatic carbocycles. The number of aliphatic carboxylic acids is 1. The predicted octanol–water partition coefficient (Wildman–Crippen LogP) is 4.15. The third kappa shape index (κ3) is 3.29. The minimum atomic E-state index is -0.817. The zero-order valence-corrected chi connectivity index (χ0v) is 18.0. The normalized spacial score (nSPS) is 39.9. The molecule has 3 aliphatic rings. The maximum Gasteiger partial charge on any atom is 0.303 e. The Bertz CT molecular complexity index is 643. The fourth-order valence-electron chi connectivity index (χ4n) is 7.12. The van der Waals surface area contributed by atoms with Gasteiger partial charge in [0.05, 0.1) is 0 Å². The van der Waals surface area contributed by atoms with E-state index in [0.29, 0.717) is 30.6 Å². The average molecular weight is 392 g/mol. The summed E-state index contributed by atoms with van der Waals surface area (Å²) in [7, 11) is 0. The number of carbonyl (C=O) groups excluding carboxylic acids is 2. The summed E-state index contributed by atoms with van der Waals surface area (Å²) < 4.78 is 0. The largest absolute Gasteiger partial charge is 0.481 e. The summed E-state index contributed by atoms with van der Waals surface area (Å²) in [6, 6.07) is 0. The Kier molecular flexibility index (Phi) is 5.94. The third-order valence-corrected chi connectivity index (χ3v) is 8.83. The van der Waals surface area contributed by atoms with Gasteiger partial charge < -0.3 is 10.0 Å². The van der Waals surface area contributed by atoms with Gasteiger partial charge in [-0.2, -0.15) is 0 Å². The van der Waals surface area contributed by atoms with E-state index in [0.717, 1.165) is 45.2 Å². The first-order valence-corrected chi connectivity index (χ1v) is 11.2. The van der Waals surface area contributed by atoms with Crippen molar-refractivity contribution in [2.24, 2.45) is 34.5 Å². The van der Waals surface area contributed by atoms with Crippen LogP contribution in [0, 0.1) is 34.5 Å². The van der Waals surface area contributed by atoms with Crippen molar-refractivity contribution in [3.63, 3.8) is 0 Å². The molecule has 3 fully saturated rings. The first-order valence-electron chi connectivity index (χ1n) is 11.2. The van der Waals surface area contributed by atoms with E-state index < -0.39 is 11.4 Å². The van der Waals surface area contributed by atoms with E-state index in [1.165, 1.54) is 0 Å². The lowest BCUT2D eigenvalue weighted by atomic mass is 9.48. The molecule has 0 saturated heterocycles. The summed E-state index contributed by atoms with van der Waals surface area (Å²) in [4.78, 5) is 39.2. The monoisotopic (exact) mass is 391 g/mol. The molecule has 3 saturated carbocycles. The van der Waals surface area contributed by atoms with Gasteiger partial charge in [-0.25, -0.2) is 0 Å². The molecule has 0 aliphatic heterocycles. The van der Waals surface area contributed by atoms with E-state index in [4.69, 9.17) is 0 Å². The lowest BCUT2D eigenvalue weighted by Gasteiger charge is -2.55. The number of rotatable bonds is 6. The van der Waals surface area contributed by atoms with Crippen LogP contribution in [0.25, 0.3) is 0 Å². The third-order valence-electron chi connectivity index (χ3n) is 8.83. The van der Waals surface area contributed by atoms with E-state index in [1.807, 2.05) is 25.7 Å². The molecule has 0 bridgehead atoms. The molecule has 0 aromatic carbocycles. The summed E-state index contributed by atoms with van der Waals surface area (Å²) in [6.07, 6.45) is 5.95. The van der Waals surface area contributed by atoms with Gasteiger partial charge in [0.1, 0.15) is 5.78 Å². The summed E-state index contributed by atoms with van der Waals surface area (Å²) in [5.74, 6) is 1.05. The molecule has 0 unspecified atom stereocenters. The smallest absolute Gasteiger partial charge is 0.303 e. The Labute approximate surface area is 169 Å². The summed E-state index contributed by atoms with van der Waals surface area (Å²) >= 11 is 0. The molecule has 0 radical (unpaired) electrons. The maximum atomic E-state index is 13.2. The average Bonchev–Trinajstić information content (AvgIpc) is 3.01. The van der Waals surface area contributed by atoms with Crippen LogP contribution in [0.1, 0.15) is 79.1 Å². The van der Waals surface area contributed by atoms with Gasteiger partial charge in [-0.05, 0) is 75.5 Å². The molecule has 3 rings (SSSR count). The number of Topliss-reactive ketones (excluding diaryl/α,β-unsaturated/α-hetero) is 1. The zero-order chi connectivity index (χ0) is 20.7. The number of carboxylic acids is 1. The summed E-state index contributed by atoms with van der Waals surface area (Å²) in [5, 5.41) is 9.17. The van der Waals surface area contributed by atoms with Gasteiger partial charge in [0.25, 0.3) is 0 Å². The summed E-state index contributed by atoms with van der Waals surface area (Å²) in [6.45, 7) is 9.96. The van der Waals surface area contributed by atoms with E-state index >= 15 is 0 Å². The van der Waals surface area contributed by atoms with Gasteiger partial charge in [0.15, 0.2) is 0 Å². The fourth-order valence-corrected chi connectivity index (χ4v) is 7.12. The lowest BCUT2D eigenvalue weighted by Crippen LogP contribution is -2.53. The lowest BCUT2D eigenvalue weighted by molar-refractivity contribution is -0.152. The number of fused-ring (bicyclic) bond motifs is 3. The van der Waals surface area contributed by atoms with Crippen molar-refractivity contribution >= 4 is 17.7 Å². The van der Waals surface area contributed by atoms with Crippen molar-refractivity contribution in [3.05, 3.63) is 0 Å². The van der Waals surface area contributed by atoms with Crippen molar-refractivity contribution in [1.29, 1.82) is 0 Å². The van der Waals surface area contributed by atoms with Crippen molar-refractivity contribution in [3.8, 4) is 0 Å². The highest BCUT2D eigenvalue weighted by atomic mass is 16.4. The highest BCUT2D eigenvalue weighted by Gasteiger charge is 2.60. The van der Waals surface area contributed by atoms with Crippen molar-refractivity contribution < 1.29 is 19.5 Å². The molecule has 28 heavy (non-hydrogen) atoms. The maximum absolute atomic E-state index is 13.2. The van der Waals surface area contributed by atoms with Gasteiger partial charge in [-0.3, -0.25) is 14.4 Å². The predicted molar refractivity (Wildman–Crippen MR) is 108 cm³/mol. The molecular formula is C23H37NO4. The van der Waals surface area contributed by atoms with Crippen molar-refractivity contribution in [2.75, 3.05) is 13.1 Å². The van der Waals surface area contributed by atoms with Crippen LogP contribution in [0.15, 0.2) is 0 Å². The second-order valence-electron chi connectivity index (χ2n) is 9.83. The number of hydrogen-bond donors (Lipinski definition) is 1. The molecule has 0 heterocycles. The Morgan fingerprint density at radius 2 is 1.75 bits per heavy atom. The fraction of sp³-hybridized carbons (Fsp3) is 0.870. The number of carboxylic acid groups (broad SMARTS) is 1. The Morgan fingerprint density at radius 3 is 2.36 bits per heavy atom. The first kappa shape index (κ1) is 21.3. The molecule has 0 aromatic rings. The quantitative estimate of drug-likeness (QED) is 0.738. The Balaban J connectivity index is 1.84. The number of carbonyl (C=O) groups is 3. The van der Waals surface area contributed by atoms with E-state index in [1.54, 1.807) is 0 Å². The molecule has 0 spiro atoms.